The number of nitrogens with zero attached hydrogens (tertiary/aromatic N) is 2. The number of hydrogen-bond acceptors (Lipinski definition) is 6. The van der Waals surface area contributed by atoms with Gasteiger partial charge >= 0.3 is 5.97 Å². The molecular weight excluding hydrogens is 608 g/mol. The number of amides is 3. The van der Waals surface area contributed by atoms with Gasteiger partial charge in [-0.15, -0.1) is 0 Å². The Morgan fingerprint density at radius 1 is 0.946 bits per heavy atom. The highest BCUT2D eigenvalue weighted by Gasteiger charge is 2.52. The minimum Gasteiger partial charge on any atom is -0.497 e. The van der Waals surface area contributed by atoms with E-state index in [0.717, 1.165) is 0 Å². The summed E-state index contributed by atoms with van der Waals surface area (Å²) in [5.41, 5.74) is 1.82. The third-order valence-electron chi connectivity index (χ3n) is 7.36. The summed E-state index contributed by atoms with van der Waals surface area (Å²) >= 11 is 7.22. The number of fused-ring (bicyclic) bond motifs is 1. The summed E-state index contributed by atoms with van der Waals surface area (Å²) in [7, 11) is 1.55. The van der Waals surface area contributed by atoms with Crippen molar-refractivity contribution in [2.75, 3.05) is 23.5 Å². The van der Waals surface area contributed by atoms with E-state index in [9.17, 15) is 19.2 Å². The molecule has 2 aromatic carbocycles. The maximum absolute atomic E-state index is 13.1. The molecule has 2 heterocycles. The molecule has 0 radical (unpaired) electrons. The Hall–Kier alpha value is -2.72. The molecule has 5 rings (SSSR count). The van der Waals surface area contributed by atoms with Gasteiger partial charge in [0.05, 0.1) is 30.6 Å². The van der Waals surface area contributed by atoms with Gasteiger partial charge in [0.25, 0.3) is 0 Å². The predicted octanol–water partition coefficient (Wildman–Crippen LogP) is 4.39. The number of rotatable bonds is 5. The Labute approximate surface area is 231 Å². The van der Waals surface area contributed by atoms with Crippen molar-refractivity contribution < 1.29 is 28.7 Å². The number of alkyl halides is 2. The summed E-state index contributed by atoms with van der Waals surface area (Å²) < 4.78 is 10.8. The standard InChI is InChI=1S/C27H26Br2N2O6/c1-14-8-18(6-7-23(14)31-25(33)19-11-21(28)22(29)12-20(19)26(31)34)37-27(35)15-9-24(32)30(13-15)16-4-3-5-17(10-16)36-2/h3-8,10,15,19-22H,9,11-13H2,1-2H3/t15-,19-,20-,21+,22+/m1/s1. The lowest BCUT2D eigenvalue weighted by Gasteiger charge is -2.29. The number of hydrogen-bond donors (Lipinski definition) is 0. The normalized spacial score (nSPS) is 27.5. The average molecular weight is 634 g/mol. The first-order valence-electron chi connectivity index (χ1n) is 12.1. The van der Waals surface area contributed by atoms with E-state index in [1.165, 1.54) is 4.90 Å². The number of carbonyl (C=O) groups excluding carboxylic acids is 4. The molecule has 0 aromatic heterocycles. The summed E-state index contributed by atoms with van der Waals surface area (Å²) in [6.07, 6.45) is 1.25. The Morgan fingerprint density at radius 2 is 1.62 bits per heavy atom. The number of esters is 1. The van der Waals surface area contributed by atoms with Crippen molar-refractivity contribution in [3.63, 3.8) is 0 Å². The Kier molecular flexibility index (Phi) is 7.15. The second kappa shape index (κ2) is 10.2. The largest absolute Gasteiger partial charge is 0.497 e. The summed E-state index contributed by atoms with van der Waals surface area (Å²) in [4.78, 5) is 54.9. The van der Waals surface area contributed by atoms with Gasteiger partial charge < -0.3 is 14.4 Å². The van der Waals surface area contributed by atoms with Crippen LogP contribution in [0.4, 0.5) is 11.4 Å². The van der Waals surface area contributed by atoms with Crippen molar-refractivity contribution in [3.8, 4) is 11.5 Å². The molecule has 3 amide bonds. The highest BCUT2D eigenvalue weighted by molar-refractivity contribution is 9.12. The first-order valence-corrected chi connectivity index (χ1v) is 13.9. The maximum Gasteiger partial charge on any atom is 0.316 e. The van der Waals surface area contributed by atoms with E-state index >= 15 is 0 Å². The van der Waals surface area contributed by atoms with Crippen LogP contribution in [0.2, 0.25) is 0 Å². The first-order chi connectivity index (χ1) is 17.7. The van der Waals surface area contributed by atoms with Gasteiger partial charge in [-0.25, -0.2) is 4.90 Å². The quantitative estimate of drug-likeness (QED) is 0.210. The summed E-state index contributed by atoms with van der Waals surface area (Å²) in [6.45, 7) is 1.99. The van der Waals surface area contributed by atoms with Crippen molar-refractivity contribution in [2.45, 2.75) is 35.8 Å². The molecule has 0 spiro atoms. The van der Waals surface area contributed by atoms with Crippen molar-refractivity contribution in [1.82, 2.24) is 0 Å². The highest BCUT2D eigenvalue weighted by Crippen LogP contribution is 2.45. The average Bonchev–Trinajstić information content (AvgIpc) is 3.37. The monoisotopic (exact) mass is 632 g/mol. The van der Waals surface area contributed by atoms with Gasteiger partial charge in [-0.2, -0.15) is 0 Å². The van der Waals surface area contributed by atoms with Gasteiger partial charge in [0.1, 0.15) is 11.5 Å². The summed E-state index contributed by atoms with van der Waals surface area (Å²) in [5, 5.41) is 0. The van der Waals surface area contributed by atoms with Crippen LogP contribution in [-0.4, -0.2) is 47.0 Å². The third-order valence-corrected chi connectivity index (χ3v) is 10.1. The van der Waals surface area contributed by atoms with E-state index in [4.69, 9.17) is 9.47 Å². The lowest BCUT2D eigenvalue weighted by molar-refractivity contribution is -0.139. The molecule has 1 aliphatic carbocycles. The van der Waals surface area contributed by atoms with E-state index in [0.29, 0.717) is 41.3 Å². The molecule has 2 saturated heterocycles. The fraction of sp³-hybridized carbons (Fsp3) is 0.407. The van der Waals surface area contributed by atoms with Crippen LogP contribution in [0.5, 0.6) is 11.5 Å². The zero-order valence-electron chi connectivity index (χ0n) is 20.4. The van der Waals surface area contributed by atoms with Crippen LogP contribution < -0.4 is 19.3 Å². The minimum atomic E-state index is -0.613. The number of imide groups is 1. The van der Waals surface area contributed by atoms with Crippen LogP contribution in [-0.2, 0) is 19.2 Å². The number of anilines is 2. The zero-order chi connectivity index (χ0) is 26.4. The number of benzene rings is 2. The Bertz CT molecular complexity index is 1260. The van der Waals surface area contributed by atoms with Crippen LogP contribution in [0, 0.1) is 24.7 Å². The van der Waals surface area contributed by atoms with Gasteiger partial charge in [-0.3, -0.25) is 19.2 Å². The highest BCUT2D eigenvalue weighted by atomic mass is 79.9. The molecule has 3 fully saturated rings. The molecule has 3 aliphatic rings. The van der Waals surface area contributed by atoms with Gasteiger partial charge in [-0.05, 0) is 55.7 Å². The second-order valence-corrected chi connectivity index (χ2v) is 12.1. The number of methoxy groups -OCH3 is 1. The smallest absolute Gasteiger partial charge is 0.316 e. The van der Waals surface area contributed by atoms with E-state index < -0.39 is 11.9 Å². The lowest BCUT2D eigenvalue weighted by Crippen LogP contribution is -2.34. The van der Waals surface area contributed by atoms with Crippen molar-refractivity contribution >= 4 is 66.9 Å². The zero-order valence-corrected chi connectivity index (χ0v) is 23.5. The Balaban J connectivity index is 1.28. The van der Waals surface area contributed by atoms with Crippen LogP contribution in [0.25, 0.3) is 0 Å². The van der Waals surface area contributed by atoms with E-state index in [-0.39, 0.29) is 52.2 Å². The minimum absolute atomic E-state index is 0.0514. The SMILES string of the molecule is COc1cccc(N2C[C@H](C(=O)Oc3ccc(N4C(=O)[C@@H]5C[C@H](Br)[C@@H](Br)C[C@H]5C4=O)c(C)c3)CC2=O)c1. The second-order valence-electron chi connectivity index (χ2n) is 9.70. The van der Waals surface area contributed by atoms with Gasteiger partial charge in [-0.1, -0.05) is 37.9 Å². The molecule has 2 aliphatic heterocycles. The molecule has 0 N–H and O–H groups in total. The molecule has 10 heteroatoms. The fourth-order valence-electron chi connectivity index (χ4n) is 5.37. The third kappa shape index (κ3) is 4.81. The maximum atomic E-state index is 13.1. The van der Waals surface area contributed by atoms with Crippen molar-refractivity contribution in [3.05, 3.63) is 48.0 Å². The van der Waals surface area contributed by atoms with Crippen LogP contribution >= 0.6 is 31.9 Å². The fourth-order valence-corrected chi connectivity index (χ4v) is 6.60. The van der Waals surface area contributed by atoms with E-state index in [1.54, 1.807) is 61.4 Å². The molecule has 1 saturated carbocycles. The predicted molar refractivity (Wildman–Crippen MR) is 144 cm³/mol. The molecule has 8 nitrogen and oxygen atoms in total. The Morgan fingerprint density at radius 3 is 2.24 bits per heavy atom. The molecule has 0 bridgehead atoms. The molecule has 5 atom stereocenters. The lowest BCUT2D eigenvalue weighted by atomic mass is 9.81. The van der Waals surface area contributed by atoms with E-state index in [2.05, 4.69) is 31.9 Å². The summed E-state index contributed by atoms with van der Waals surface area (Å²) in [5.74, 6) is -1.40. The van der Waals surface area contributed by atoms with E-state index in [1.807, 2.05) is 0 Å². The van der Waals surface area contributed by atoms with Crippen LogP contribution in [0.3, 0.4) is 0 Å². The van der Waals surface area contributed by atoms with Gasteiger partial charge in [0, 0.05) is 34.4 Å². The molecule has 2 aromatic rings. The number of carbonyl (C=O) groups is 4. The van der Waals surface area contributed by atoms with Crippen LogP contribution in [0.15, 0.2) is 42.5 Å². The van der Waals surface area contributed by atoms with Crippen molar-refractivity contribution in [2.24, 2.45) is 17.8 Å². The van der Waals surface area contributed by atoms with Gasteiger partial charge in [0.15, 0.2) is 0 Å². The van der Waals surface area contributed by atoms with Crippen molar-refractivity contribution in [1.29, 1.82) is 0 Å². The first kappa shape index (κ1) is 25.9. The molecule has 37 heavy (non-hydrogen) atoms. The van der Waals surface area contributed by atoms with Gasteiger partial charge in [0.2, 0.25) is 17.7 Å². The number of ether oxygens (including phenoxy) is 2. The summed E-state index contributed by atoms with van der Waals surface area (Å²) in [6, 6.07) is 12.0. The number of aryl methyl sites for hydroxylation is 1. The van der Waals surface area contributed by atoms with Crippen LogP contribution in [0.1, 0.15) is 24.8 Å². The molecular formula is C27H26Br2N2O6. The topological polar surface area (TPSA) is 93.2 Å². The molecule has 194 valence electrons. The number of halogens is 2. The molecule has 0 unspecified atom stereocenters.